The highest BCUT2D eigenvalue weighted by Gasteiger charge is 2.30. The molecule has 108 valence electrons. The van der Waals surface area contributed by atoms with Crippen LogP contribution < -0.4 is 5.32 Å². The van der Waals surface area contributed by atoms with Gasteiger partial charge < -0.3 is 10.2 Å². The number of nitrogens with zero attached hydrogens (tertiary/aromatic N) is 1. The lowest BCUT2D eigenvalue weighted by Gasteiger charge is -2.41. The SMILES string of the molecule is CCCCCNCCN1CCC(CC)(CC)CC1. The highest BCUT2D eigenvalue weighted by Crippen LogP contribution is 2.37. The van der Waals surface area contributed by atoms with Gasteiger partial charge in [-0.25, -0.2) is 0 Å². The summed E-state index contributed by atoms with van der Waals surface area (Å²) in [5.74, 6) is 0. The Hall–Kier alpha value is -0.0800. The van der Waals surface area contributed by atoms with Crippen molar-refractivity contribution in [1.82, 2.24) is 10.2 Å². The molecule has 18 heavy (non-hydrogen) atoms. The average molecular weight is 254 g/mol. The van der Waals surface area contributed by atoms with Crippen molar-refractivity contribution in [3.63, 3.8) is 0 Å². The summed E-state index contributed by atoms with van der Waals surface area (Å²) in [6.07, 6.45) is 9.59. The van der Waals surface area contributed by atoms with Gasteiger partial charge in [-0.15, -0.1) is 0 Å². The van der Waals surface area contributed by atoms with E-state index in [4.69, 9.17) is 0 Å². The lowest BCUT2D eigenvalue weighted by atomic mass is 9.74. The Bertz CT molecular complexity index is 189. The first kappa shape index (κ1) is 16.0. The minimum Gasteiger partial charge on any atom is -0.315 e. The zero-order chi connectivity index (χ0) is 13.3. The molecule has 0 atom stereocenters. The molecule has 1 aliphatic rings. The van der Waals surface area contributed by atoms with Gasteiger partial charge in [0.25, 0.3) is 0 Å². The smallest absolute Gasteiger partial charge is 0.0107 e. The summed E-state index contributed by atoms with van der Waals surface area (Å²) in [5, 5.41) is 3.57. The summed E-state index contributed by atoms with van der Waals surface area (Å²) in [7, 11) is 0. The molecule has 0 unspecified atom stereocenters. The van der Waals surface area contributed by atoms with E-state index in [1.807, 2.05) is 0 Å². The van der Waals surface area contributed by atoms with E-state index in [1.54, 1.807) is 0 Å². The first-order valence-corrected chi connectivity index (χ1v) is 8.19. The molecule has 0 spiro atoms. The van der Waals surface area contributed by atoms with E-state index in [2.05, 4.69) is 31.0 Å². The third kappa shape index (κ3) is 5.27. The molecular formula is C16H34N2. The van der Waals surface area contributed by atoms with Crippen LogP contribution >= 0.6 is 0 Å². The lowest BCUT2D eigenvalue weighted by Crippen LogP contribution is -2.42. The number of piperidine rings is 1. The van der Waals surface area contributed by atoms with Gasteiger partial charge in [0.1, 0.15) is 0 Å². The Morgan fingerprint density at radius 2 is 1.61 bits per heavy atom. The molecule has 2 heteroatoms. The molecule has 0 aromatic heterocycles. The highest BCUT2D eigenvalue weighted by molar-refractivity contribution is 4.84. The van der Waals surface area contributed by atoms with Crippen LogP contribution in [-0.2, 0) is 0 Å². The third-order valence-electron chi connectivity index (χ3n) is 4.98. The van der Waals surface area contributed by atoms with E-state index >= 15 is 0 Å². The summed E-state index contributed by atoms with van der Waals surface area (Å²) in [5.41, 5.74) is 0.672. The van der Waals surface area contributed by atoms with Crippen molar-refractivity contribution in [3.8, 4) is 0 Å². The highest BCUT2D eigenvalue weighted by atomic mass is 15.1. The zero-order valence-electron chi connectivity index (χ0n) is 12.9. The fourth-order valence-corrected chi connectivity index (χ4v) is 3.07. The largest absolute Gasteiger partial charge is 0.315 e. The molecule has 1 aliphatic heterocycles. The monoisotopic (exact) mass is 254 g/mol. The number of hydrogen-bond acceptors (Lipinski definition) is 2. The van der Waals surface area contributed by atoms with Gasteiger partial charge in [-0.1, -0.05) is 46.5 Å². The molecule has 1 fully saturated rings. The fraction of sp³-hybridized carbons (Fsp3) is 1.00. The Kier molecular flexibility index (Phi) is 7.92. The second-order valence-corrected chi connectivity index (χ2v) is 6.01. The van der Waals surface area contributed by atoms with E-state index in [9.17, 15) is 0 Å². The number of rotatable bonds is 9. The molecule has 0 saturated carbocycles. The van der Waals surface area contributed by atoms with Crippen LogP contribution in [0.2, 0.25) is 0 Å². The lowest BCUT2D eigenvalue weighted by molar-refractivity contribution is 0.0961. The summed E-state index contributed by atoms with van der Waals surface area (Å²) < 4.78 is 0. The van der Waals surface area contributed by atoms with Gasteiger partial charge >= 0.3 is 0 Å². The number of likely N-dealkylation sites (tertiary alicyclic amines) is 1. The summed E-state index contributed by atoms with van der Waals surface area (Å²) in [6.45, 7) is 13.3. The van der Waals surface area contributed by atoms with Crippen LogP contribution in [0.15, 0.2) is 0 Å². The predicted molar refractivity (Wildman–Crippen MR) is 81.1 cm³/mol. The molecule has 0 radical (unpaired) electrons. The third-order valence-corrected chi connectivity index (χ3v) is 4.98. The van der Waals surface area contributed by atoms with Crippen molar-refractivity contribution >= 4 is 0 Å². The van der Waals surface area contributed by atoms with Gasteiger partial charge in [-0.05, 0) is 44.3 Å². The van der Waals surface area contributed by atoms with Crippen LogP contribution in [0.25, 0.3) is 0 Å². The van der Waals surface area contributed by atoms with Crippen LogP contribution in [0.3, 0.4) is 0 Å². The molecule has 0 bridgehead atoms. The van der Waals surface area contributed by atoms with Crippen molar-refractivity contribution < 1.29 is 0 Å². The van der Waals surface area contributed by atoms with Crippen molar-refractivity contribution in [2.24, 2.45) is 5.41 Å². The summed E-state index contributed by atoms with van der Waals surface area (Å²) >= 11 is 0. The van der Waals surface area contributed by atoms with E-state index in [-0.39, 0.29) is 0 Å². The molecule has 0 amide bonds. The molecule has 1 heterocycles. The molecule has 0 aromatic carbocycles. The predicted octanol–water partition coefficient (Wildman–Crippen LogP) is 3.67. The van der Waals surface area contributed by atoms with Gasteiger partial charge in [-0.3, -0.25) is 0 Å². The van der Waals surface area contributed by atoms with Gasteiger partial charge in [0.2, 0.25) is 0 Å². The number of nitrogens with one attached hydrogen (secondary N) is 1. The van der Waals surface area contributed by atoms with Crippen LogP contribution in [-0.4, -0.2) is 37.6 Å². The molecule has 1 saturated heterocycles. The summed E-state index contributed by atoms with van der Waals surface area (Å²) in [4.78, 5) is 2.65. The van der Waals surface area contributed by atoms with Crippen LogP contribution in [0.5, 0.6) is 0 Å². The van der Waals surface area contributed by atoms with E-state index in [1.165, 1.54) is 77.7 Å². The van der Waals surface area contributed by atoms with E-state index < -0.39 is 0 Å². The van der Waals surface area contributed by atoms with E-state index in [0.29, 0.717) is 5.41 Å². The Morgan fingerprint density at radius 1 is 0.944 bits per heavy atom. The molecular weight excluding hydrogens is 220 g/mol. The van der Waals surface area contributed by atoms with Crippen LogP contribution in [0, 0.1) is 5.41 Å². The average Bonchev–Trinajstić information content (AvgIpc) is 2.43. The molecule has 0 aliphatic carbocycles. The maximum Gasteiger partial charge on any atom is 0.0107 e. The quantitative estimate of drug-likeness (QED) is 0.632. The minimum atomic E-state index is 0.672. The van der Waals surface area contributed by atoms with Gasteiger partial charge in [0, 0.05) is 13.1 Å². The van der Waals surface area contributed by atoms with Crippen molar-refractivity contribution in [2.75, 3.05) is 32.7 Å². The van der Waals surface area contributed by atoms with Crippen LogP contribution in [0.4, 0.5) is 0 Å². The fourth-order valence-electron chi connectivity index (χ4n) is 3.07. The molecule has 1 N–H and O–H groups in total. The number of hydrogen-bond donors (Lipinski definition) is 1. The Labute approximate surface area is 115 Å². The first-order valence-electron chi connectivity index (χ1n) is 8.19. The van der Waals surface area contributed by atoms with Crippen molar-refractivity contribution in [3.05, 3.63) is 0 Å². The second-order valence-electron chi connectivity index (χ2n) is 6.01. The Morgan fingerprint density at radius 3 is 2.17 bits per heavy atom. The Balaban J connectivity index is 2.05. The van der Waals surface area contributed by atoms with Crippen LogP contribution in [0.1, 0.15) is 65.7 Å². The molecule has 2 nitrogen and oxygen atoms in total. The maximum absolute atomic E-state index is 3.57. The van der Waals surface area contributed by atoms with E-state index in [0.717, 1.165) is 0 Å². The number of unbranched alkanes of at least 4 members (excludes halogenated alkanes) is 2. The normalized spacial score (nSPS) is 20.2. The maximum atomic E-state index is 3.57. The van der Waals surface area contributed by atoms with Crippen molar-refractivity contribution in [1.29, 1.82) is 0 Å². The second kappa shape index (κ2) is 8.92. The first-order chi connectivity index (χ1) is 8.76. The molecule has 0 aromatic rings. The van der Waals surface area contributed by atoms with Gasteiger partial charge in [0.05, 0.1) is 0 Å². The topological polar surface area (TPSA) is 15.3 Å². The van der Waals surface area contributed by atoms with Gasteiger partial charge in [-0.2, -0.15) is 0 Å². The van der Waals surface area contributed by atoms with Gasteiger partial charge in [0.15, 0.2) is 0 Å². The summed E-state index contributed by atoms with van der Waals surface area (Å²) in [6, 6.07) is 0. The minimum absolute atomic E-state index is 0.672. The zero-order valence-corrected chi connectivity index (χ0v) is 12.9. The standard InChI is InChI=1S/C16H34N2/c1-4-7-8-11-17-12-15-18-13-9-16(5-2,6-3)10-14-18/h17H,4-15H2,1-3H3. The molecule has 1 rings (SSSR count). The van der Waals surface area contributed by atoms with Crippen molar-refractivity contribution in [2.45, 2.75) is 65.7 Å².